The number of nitrogens with zero attached hydrogens (tertiary/aromatic N) is 1. The Labute approximate surface area is 105 Å². The van der Waals surface area contributed by atoms with Crippen molar-refractivity contribution in [1.82, 2.24) is 4.98 Å². The van der Waals surface area contributed by atoms with Crippen LogP contribution in [0.2, 0.25) is 0 Å². The molecule has 0 saturated heterocycles. The molecule has 4 heteroatoms. The fourth-order valence-electron chi connectivity index (χ4n) is 1.35. The van der Waals surface area contributed by atoms with Gasteiger partial charge in [-0.3, -0.25) is 0 Å². The molecular formula is C13H12N2OS. The zero-order valence-electron chi connectivity index (χ0n) is 9.38. The minimum Gasteiger partial charge on any atom is -0.439 e. The molecule has 1 aromatic heterocycles. The van der Waals surface area contributed by atoms with Crippen molar-refractivity contribution < 1.29 is 4.74 Å². The average molecular weight is 244 g/mol. The largest absolute Gasteiger partial charge is 0.439 e. The van der Waals surface area contributed by atoms with Crippen LogP contribution in [0.15, 0.2) is 42.6 Å². The number of nitrogens with two attached hydrogens (primary N) is 1. The molecule has 0 spiro atoms. The second-order valence-corrected chi connectivity index (χ2v) is 4.10. The van der Waals surface area contributed by atoms with Crippen molar-refractivity contribution in [2.75, 3.05) is 0 Å². The van der Waals surface area contributed by atoms with Crippen LogP contribution in [0, 0.1) is 6.92 Å². The Morgan fingerprint density at radius 3 is 2.59 bits per heavy atom. The standard InChI is InChI=1S/C13H12N2OS/c1-9-2-4-11(5-3-9)16-12-8-10(13(14)17)6-7-15-12/h2-8H,1H3,(H2,14,17). The summed E-state index contributed by atoms with van der Waals surface area (Å²) in [6.45, 7) is 2.02. The van der Waals surface area contributed by atoms with Gasteiger partial charge in [-0.05, 0) is 25.1 Å². The van der Waals surface area contributed by atoms with Gasteiger partial charge in [0.1, 0.15) is 10.7 Å². The monoisotopic (exact) mass is 244 g/mol. The zero-order chi connectivity index (χ0) is 12.3. The fourth-order valence-corrected chi connectivity index (χ4v) is 1.47. The van der Waals surface area contributed by atoms with Crippen molar-refractivity contribution in [3.8, 4) is 11.6 Å². The highest BCUT2D eigenvalue weighted by Crippen LogP contribution is 2.20. The van der Waals surface area contributed by atoms with Gasteiger partial charge < -0.3 is 10.5 Å². The Balaban J connectivity index is 2.21. The van der Waals surface area contributed by atoms with E-state index in [1.54, 1.807) is 18.3 Å². The lowest BCUT2D eigenvalue weighted by atomic mass is 10.2. The van der Waals surface area contributed by atoms with E-state index in [0.29, 0.717) is 10.9 Å². The Morgan fingerprint density at radius 2 is 1.94 bits per heavy atom. The van der Waals surface area contributed by atoms with Crippen LogP contribution in [0.3, 0.4) is 0 Å². The molecule has 3 nitrogen and oxygen atoms in total. The lowest BCUT2D eigenvalue weighted by Gasteiger charge is -2.06. The molecule has 2 N–H and O–H groups in total. The molecule has 86 valence electrons. The first-order valence-corrected chi connectivity index (χ1v) is 5.56. The van der Waals surface area contributed by atoms with Crippen molar-refractivity contribution in [3.05, 3.63) is 53.7 Å². The summed E-state index contributed by atoms with van der Waals surface area (Å²) in [4.78, 5) is 4.44. The van der Waals surface area contributed by atoms with Crippen molar-refractivity contribution in [1.29, 1.82) is 0 Å². The van der Waals surface area contributed by atoms with Gasteiger partial charge in [0.05, 0.1) is 0 Å². The molecule has 0 amide bonds. The lowest BCUT2D eigenvalue weighted by Crippen LogP contribution is -2.09. The minimum atomic E-state index is 0.334. The number of benzene rings is 1. The first-order valence-electron chi connectivity index (χ1n) is 5.15. The molecule has 2 rings (SSSR count). The van der Waals surface area contributed by atoms with Crippen molar-refractivity contribution >= 4 is 17.2 Å². The Kier molecular flexibility index (Phi) is 3.35. The van der Waals surface area contributed by atoms with Crippen LogP contribution in [0.25, 0.3) is 0 Å². The third-order valence-corrected chi connectivity index (χ3v) is 2.50. The van der Waals surface area contributed by atoms with Gasteiger partial charge in [0.15, 0.2) is 0 Å². The number of hydrogen-bond acceptors (Lipinski definition) is 3. The first-order chi connectivity index (χ1) is 8.15. The van der Waals surface area contributed by atoms with Crippen LogP contribution in [0.1, 0.15) is 11.1 Å². The number of ether oxygens (including phenoxy) is 1. The second-order valence-electron chi connectivity index (χ2n) is 3.66. The predicted molar refractivity (Wildman–Crippen MR) is 71.4 cm³/mol. The highest BCUT2D eigenvalue weighted by Gasteiger charge is 2.01. The fraction of sp³-hybridized carbons (Fsp3) is 0.0769. The van der Waals surface area contributed by atoms with Gasteiger partial charge in [0.25, 0.3) is 0 Å². The van der Waals surface area contributed by atoms with E-state index in [4.69, 9.17) is 22.7 Å². The molecule has 1 heterocycles. The van der Waals surface area contributed by atoms with Gasteiger partial charge in [-0.1, -0.05) is 29.9 Å². The summed E-state index contributed by atoms with van der Waals surface area (Å²) in [6.07, 6.45) is 1.62. The van der Waals surface area contributed by atoms with E-state index in [1.807, 2.05) is 31.2 Å². The van der Waals surface area contributed by atoms with Crippen LogP contribution in [-0.2, 0) is 0 Å². The van der Waals surface area contributed by atoms with Gasteiger partial charge in [0, 0.05) is 17.8 Å². The maximum absolute atomic E-state index is 5.60. The third-order valence-electron chi connectivity index (χ3n) is 2.26. The van der Waals surface area contributed by atoms with Gasteiger partial charge in [0.2, 0.25) is 5.88 Å². The summed E-state index contributed by atoms with van der Waals surface area (Å²) in [5.74, 6) is 1.22. The van der Waals surface area contributed by atoms with Gasteiger partial charge in [-0.2, -0.15) is 0 Å². The Hall–Kier alpha value is -1.94. The summed E-state index contributed by atoms with van der Waals surface area (Å²) < 4.78 is 5.60. The average Bonchev–Trinajstić information content (AvgIpc) is 2.32. The molecule has 0 saturated carbocycles. The van der Waals surface area contributed by atoms with Gasteiger partial charge >= 0.3 is 0 Å². The summed E-state index contributed by atoms with van der Waals surface area (Å²) in [5.41, 5.74) is 7.47. The Bertz CT molecular complexity index is 537. The molecule has 0 aliphatic rings. The number of thiocarbonyl (C=S) groups is 1. The quantitative estimate of drug-likeness (QED) is 0.843. The van der Waals surface area contributed by atoms with Crippen molar-refractivity contribution in [3.63, 3.8) is 0 Å². The van der Waals surface area contributed by atoms with Crippen LogP contribution >= 0.6 is 12.2 Å². The normalized spacial score (nSPS) is 9.94. The number of rotatable bonds is 3. The van der Waals surface area contributed by atoms with Crippen LogP contribution in [0.5, 0.6) is 11.6 Å². The van der Waals surface area contributed by atoms with Crippen LogP contribution < -0.4 is 10.5 Å². The molecule has 0 aliphatic carbocycles. The molecule has 0 bridgehead atoms. The van der Waals surface area contributed by atoms with Crippen molar-refractivity contribution in [2.45, 2.75) is 6.92 Å². The molecule has 17 heavy (non-hydrogen) atoms. The predicted octanol–water partition coefficient (Wildman–Crippen LogP) is 2.82. The molecule has 2 aromatic rings. The van der Waals surface area contributed by atoms with E-state index in [2.05, 4.69) is 4.98 Å². The number of hydrogen-bond donors (Lipinski definition) is 1. The SMILES string of the molecule is Cc1ccc(Oc2cc(C(N)=S)ccn2)cc1. The van der Waals surface area contributed by atoms with E-state index in [-0.39, 0.29) is 0 Å². The zero-order valence-corrected chi connectivity index (χ0v) is 10.2. The topological polar surface area (TPSA) is 48.1 Å². The van der Waals surface area contributed by atoms with E-state index < -0.39 is 0 Å². The highest BCUT2D eigenvalue weighted by atomic mass is 32.1. The van der Waals surface area contributed by atoms with E-state index in [9.17, 15) is 0 Å². The molecular weight excluding hydrogens is 232 g/mol. The number of pyridine rings is 1. The highest BCUT2D eigenvalue weighted by molar-refractivity contribution is 7.80. The first kappa shape index (κ1) is 11.5. The summed E-state index contributed by atoms with van der Waals surface area (Å²) in [5, 5.41) is 0. The molecule has 1 aromatic carbocycles. The molecule has 0 radical (unpaired) electrons. The second kappa shape index (κ2) is 4.93. The van der Waals surface area contributed by atoms with Crippen molar-refractivity contribution in [2.24, 2.45) is 5.73 Å². The molecule has 0 atom stereocenters. The summed E-state index contributed by atoms with van der Waals surface area (Å²) >= 11 is 4.90. The smallest absolute Gasteiger partial charge is 0.219 e. The maximum atomic E-state index is 5.60. The Morgan fingerprint density at radius 1 is 1.24 bits per heavy atom. The molecule has 0 aliphatic heterocycles. The van der Waals surface area contributed by atoms with Crippen LogP contribution in [-0.4, -0.2) is 9.97 Å². The van der Waals surface area contributed by atoms with Gasteiger partial charge in [-0.15, -0.1) is 0 Å². The summed E-state index contributed by atoms with van der Waals surface area (Å²) in [7, 11) is 0. The lowest BCUT2D eigenvalue weighted by molar-refractivity contribution is 0.463. The van der Waals surface area contributed by atoms with E-state index in [0.717, 1.165) is 11.3 Å². The number of aromatic nitrogens is 1. The molecule has 0 unspecified atom stereocenters. The van der Waals surface area contributed by atoms with E-state index >= 15 is 0 Å². The van der Waals surface area contributed by atoms with Gasteiger partial charge in [-0.25, -0.2) is 4.98 Å². The van der Waals surface area contributed by atoms with Crippen LogP contribution in [0.4, 0.5) is 0 Å². The third kappa shape index (κ3) is 3.01. The van der Waals surface area contributed by atoms with E-state index in [1.165, 1.54) is 5.56 Å². The maximum Gasteiger partial charge on any atom is 0.219 e. The summed E-state index contributed by atoms with van der Waals surface area (Å²) in [6, 6.07) is 11.2. The minimum absolute atomic E-state index is 0.334. The number of aryl methyl sites for hydroxylation is 1. The molecule has 0 fully saturated rings.